The molecule has 10 N–H and O–H groups in total. The van der Waals surface area contributed by atoms with Crippen LogP contribution in [0.3, 0.4) is 0 Å². The number of carbonyl (C=O) groups excluding carboxylic acids is 2. The van der Waals surface area contributed by atoms with Crippen molar-refractivity contribution in [3.05, 3.63) is 35.4 Å². The van der Waals surface area contributed by atoms with Gasteiger partial charge in [-0.2, -0.15) is 0 Å². The number of nitrogens with two attached hydrogens (primary N) is 2. The predicted octanol–water partition coefficient (Wildman–Crippen LogP) is 0.987. The fourth-order valence-corrected chi connectivity index (χ4v) is 9.30. The number of carboxylic acids is 1. The third-order valence-corrected chi connectivity index (χ3v) is 13.3. The van der Waals surface area contributed by atoms with Crippen molar-refractivity contribution in [2.24, 2.45) is 11.7 Å². The van der Waals surface area contributed by atoms with Gasteiger partial charge in [0, 0.05) is 6.42 Å². The summed E-state index contributed by atoms with van der Waals surface area (Å²) in [6, 6.07) is 5.82. The molecule has 230 valence electrons. The molecule has 4 rings (SSSR count). The number of hydrogen-bond donors (Lipinski definition) is 8. The van der Waals surface area contributed by atoms with E-state index in [-0.39, 0.29) is 39.9 Å². The minimum atomic E-state index is -5.72. The molecule has 2 aliphatic rings. The maximum atomic E-state index is 14.1. The van der Waals surface area contributed by atoms with Crippen molar-refractivity contribution in [3.8, 4) is 5.75 Å². The van der Waals surface area contributed by atoms with E-state index in [1.165, 1.54) is 24.3 Å². The van der Waals surface area contributed by atoms with Crippen molar-refractivity contribution in [2.75, 3.05) is 12.3 Å². The quantitative estimate of drug-likeness (QED) is 0.0587. The van der Waals surface area contributed by atoms with Crippen molar-refractivity contribution in [1.82, 2.24) is 4.90 Å². The van der Waals surface area contributed by atoms with E-state index in [2.05, 4.69) is 0 Å². The molecule has 3 atom stereocenters. The molecule has 0 spiro atoms. The molecule has 2 aliphatic heterocycles. The van der Waals surface area contributed by atoms with Gasteiger partial charge in [-0.1, -0.05) is 18.2 Å². The standard InChI is InChI=1S/C24H31N3O12P2S/c1-4-39-18-14(25)10-13-11(8-9-23(32,40(33,34)35)41(36,37)38)6-5-7-12(13)15(18)17(28)16-19(29)27-20(16)42-22(2,3)24(27,26)21(30)31/h5-7,10,16,20,32H,4,8-9,25-26H2,1-3H3,(H,30,31)(H2,33,34,35)(H2,36,37,38). The summed E-state index contributed by atoms with van der Waals surface area (Å²) in [6.07, 6.45) is -1.50. The number of ketones is 1. The third-order valence-electron chi connectivity index (χ3n) is 7.82. The summed E-state index contributed by atoms with van der Waals surface area (Å²) in [5, 5.41) is 16.1. The van der Waals surface area contributed by atoms with Crippen LogP contribution < -0.4 is 16.2 Å². The monoisotopic (exact) mass is 647 g/mol. The zero-order valence-electron chi connectivity index (χ0n) is 22.6. The Morgan fingerprint density at radius 2 is 1.74 bits per heavy atom. The van der Waals surface area contributed by atoms with Crippen molar-refractivity contribution >= 4 is 61.1 Å². The van der Waals surface area contributed by atoms with E-state index in [4.69, 9.17) is 16.2 Å². The summed E-state index contributed by atoms with van der Waals surface area (Å²) in [6.45, 7) is 4.83. The van der Waals surface area contributed by atoms with E-state index in [0.717, 1.165) is 16.7 Å². The molecule has 15 nitrogen and oxygen atoms in total. The summed E-state index contributed by atoms with van der Waals surface area (Å²) >= 11 is 1.07. The van der Waals surface area contributed by atoms with Crippen LogP contribution in [0.5, 0.6) is 5.75 Å². The number of rotatable bonds is 10. The number of carbonyl (C=O) groups is 3. The Labute approximate surface area is 243 Å². The summed E-state index contributed by atoms with van der Waals surface area (Å²) in [5.74, 6) is -4.32. The lowest BCUT2D eigenvalue weighted by molar-refractivity contribution is -0.171. The van der Waals surface area contributed by atoms with Crippen LogP contribution in [-0.2, 0) is 25.1 Å². The molecule has 3 unspecified atom stereocenters. The fourth-order valence-electron chi connectivity index (χ4n) is 5.41. The molecule has 42 heavy (non-hydrogen) atoms. The summed E-state index contributed by atoms with van der Waals surface area (Å²) < 4.78 is 28.2. The van der Waals surface area contributed by atoms with E-state index in [1.54, 1.807) is 20.8 Å². The Hall–Kier alpha value is -2.52. The molecule has 2 saturated heterocycles. The van der Waals surface area contributed by atoms with E-state index < -0.39 is 72.5 Å². The Morgan fingerprint density at radius 3 is 2.26 bits per heavy atom. The molecule has 1 amide bonds. The number of thioether (sulfide) groups is 1. The van der Waals surface area contributed by atoms with Gasteiger partial charge in [0.25, 0.3) is 5.08 Å². The summed E-state index contributed by atoms with van der Waals surface area (Å²) in [5.41, 5.74) is 10.5. The van der Waals surface area contributed by atoms with Gasteiger partial charge in [0.05, 0.1) is 28.0 Å². The zero-order valence-corrected chi connectivity index (χ0v) is 25.2. The number of fused-ring (bicyclic) bond motifs is 2. The van der Waals surface area contributed by atoms with Crippen molar-refractivity contribution in [1.29, 1.82) is 0 Å². The largest absolute Gasteiger partial charge is 0.491 e. The van der Waals surface area contributed by atoms with Gasteiger partial charge in [-0.15, -0.1) is 11.8 Å². The van der Waals surface area contributed by atoms with Gasteiger partial charge in [-0.3, -0.25) is 29.4 Å². The Kier molecular flexibility index (Phi) is 7.94. The lowest BCUT2D eigenvalue weighted by Crippen LogP contribution is -2.75. The number of β-lactam (4-membered cyclic amide) rings is 1. The molecule has 2 aromatic rings. The number of aryl methyl sites for hydroxylation is 1. The van der Waals surface area contributed by atoms with Gasteiger partial charge in [-0.05, 0) is 49.6 Å². The smallest absolute Gasteiger partial charge is 0.369 e. The first-order chi connectivity index (χ1) is 19.2. The Bertz CT molecular complexity index is 1580. The van der Waals surface area contributed by atoms with Gasteiger partial charge >= 0.3 is 21.2 Å². The second-order valence-electron chi connectivity index (χ2n) is 10.6. The molecule has 0 saturated carbocycles. The topological polar surface area (TPSA) is 271 Å². The van der Waals surface area contributed by atoms with Crippen molar-refractivity contribution in [3.63, 3.8) is 0 Å². The SMILES string of the molecule is CCOc1c(N)cc2c(CCC(O)(P(=O)(O)O)P(=O)(O)O)cccc2c1C(=O)C1C(=O)N2C1SC(C)(C)C2(N)C(=O)O. The van der Waals surface area contributed by atoms with Crippen LogP contribution in [0, 0.1) is 5.92 Å². The maximum absolute atomic E-state index is 14.1. The number of aliphatic carboxylic acids is 1. The van der Waals surface area contributed by atoms with Gasteiger partial charge in [-0.25, -0.2) is 4.79 Å². The second-order valence-corrected chi connectivity index (χ2v) is 16.4. The van der Waals surface area contributed by atoms with Crippen LogP contribution in [0.25, 0.3) is 10.8 Å². The third kappa shape index (κ3) is 4.57. The molecule has 0 radical (unpaired) electrons. The van der Waals surface area contributed by atoms with Crippen LogP contribution in [0.1, 0.15) is 43.1 Å². The van der Waals surface area contributed by atoms with Crippen LogP contribution in [-0.4, -0.2) is 79.8 Å². The molecule has 18 heteroatoms. The Morgan fingerprint density at radius 1 is 1.14 bits per heavy atom. The molecule has 0 bridgehead atoms. The molecule has 0 aromatic heterocycles. The number of aliphatic hydroxyl groups is 1. The van der Waals surface area contributed by atoms with E-state index in [9.17, 15) is 53.3 Å². The highest BCUT2D eigenvalue weighted by atomic mass is 32.2. The number of amides is 1. The lowest BCUT2D eigenvalue weighted by Gasteiger charge is -2.47. The minimum absolute atomic E-state index is 0.0397. The molecular formula is C24H31N3O12P2S. The molecular weight excluding hydrogens is 616 g/mol. The Balaban J connectivity index is 1.83. The summed E-state index contributed by atoms with van der Waals surface area (Å²) in [7, 11) is -11.4. The first-order valence-electron chi connectivity index (χ1n) is 12.5. The highest BCUT2D eigenvalue weighted by Gasteiger charge is 2.72. The lowest BCUT2D eigenvalue weighted by atomic mass is 9.81. The maximum Gasteiger partial charge on any atom is 0.369 e. The second kappa shape index (κ2) is 10.3. The number of carboxylic acid groups (broad SMARTS) is 1. The zero-order chi connectivity index (χ0) is 31.8. The number of benzene rings is 2. The fraction of sp³-hybridized carbons (Fsp3) is 0.458. The predicted molar refractivity (Wildman–Crippen MR) is 152 cm³/mol. The number of ether oxygens (including phenoxy) is 1. The van der Waals surface area contributed by atoms with E-state index in [0.29, 0.717) is 0 Å². The van der Waals surface area contributed by atoms with Crippen molar-refractivity contribution in [2.45, 2.75) is 54.5 Å². The van der Waals surface area contributed by atoms with Crippen LogP contribution >= 0.6 is 27.0 Å². The van der Waals surface area contributed by atoms with E-state index in [1.807, 2.05) is 0 Å². The first kappa shape index (κ1) is 32.4. The molecule has 2 heterocycles. The minimum Gasteiger partial charge on any atom is -0.491 e. The number of nitrogens with zero attached hydrogens (tertiary/aromatic N) is 1. The van der Waals surface area contributed by atoms with Gasteiger partial charge < -0.3 is 40.3 Å². The molecule has 2 aromatic carbocycles. The van der Waals surface area contributed by atoms with Gasteiger partial charge in [0.2, 0.25) is 11.6 Å². The highest BCUT2D eigenvalue weighted by molar-refractivity contribution is 8.01. The van der Waals surface area contributed by atoms with Crippen LogP contribution in [0.15, 0.2) is 24.3 Å². The number of hydrogen-bond acceptors (Lipinski definition) is 10. The van der Waals surface area contributed by atoms with E-state index >= 15 is 0 Å². The first-order valence-corrected chi connectivity index (χ1v) is 16.6. The average Bonchev–Trinajstić information content (AvgIpc) is 3.04. The van der Waals surface area contributed by atoms with Crippen LogP contribution in [0.4, 0.5) is 5.69 Å². The molecule has 0 aliphatic carbocycles. The number of nitrogen functional groups attached to an aromatic ring is 1. The number of anilines is 1. The number of Topliss-reactive ketones (excluding diaryl/α,β-unsaturated/α-hetero) is 1. The van der Waals surface area contributed by atoms with Crippen LogP contribution in [0.2, 0.25) is 0 Å². The van der Waals surface area contributed by atoms with Crippen molar-refractivity contribution < 1.29 is 58.0 Å². The molecule has 2 fully saturated rings. The normalized spacial score (nSPS) is 23.9. The van der Waals surface area contributed by atoms with Gasteiger partial charge in [0.15, 0.2) is 11.5 Å². The summed E-state index contributed by atoms with van der Waals surface area (Å²) in [4.78, 5) is 78.6. The van der Waals surface area contributed by atoms with Gasteiger partial charge in [0.1, 0.15) is 5.92 Å². The highest BCUT2D eigenvalue weighted by Crippen LogP contribution is 2.69. The average molecular weight is 648 g/mol.